The van der Waals surface area contributed by atoms with Crippen LogP contribution >= 0.6 is 11.6 Å². The van der Waals surface area contributed by atoms with Gasteiger partial charge in [-0.1, -0.05) is 11.6 Å². The summed E-state index contributed by atoms with van der Waals surface area (Å²) < 4.78 is 5.12. The fraction of sp³-hybridized carbons (Fsp3) is 0.333. The van der Waals surface area contributed by atoms with E-state index in [0.29, 0.717) is 17.0 Å². The molecule has 0 saturated carbocycles. The quantitative estimate of drug-likeness (QED) is 0.766. The number of hydrogen-bond donors (Lipinski definition) is 3. The molecule has 6 nitrogen and oxygen atoms in total. The molecule has 1 aromatic carbocycles. The van der Waals surface area contributed by atoms with Crippen LogP contribution in [0.1, 0.15) is 24.9 Å². The van der Waals surface area contributed by atoms with Gasteiger partial charge in [0.2, 0.25) is 5.91 Å². The molecule has 1 amide bonds. The lowest BCUT2D eigenvalue weighted by atomic mass is 10.0. The van der Waals surface area contributed by atoms with Crippen LogP contribution < -0.4 is 15.8 Å². The molecule has 1 unspecified atom stereocenters. The summed E-state index contributed by atoms with van der Waals surface area (Å²) in [6, 6.07) is 2.27. The molecule has 7 heteroatoms. The number of carbonyl (C=O) groups is 2. The standard InChI is InChI=1S/C12H15ClN2O4/c1-6(16)15-12-9(19-2)4-3-7(13)11(12)8(14)5-10(17)18/h3-4,8H,5,14H2,1-2H3,(H,15,16)(H,17,18). The van der Waals surface area contributed by atoms with Gasteiger partial charge in [0, 0.05) is 23.6 Å². The SMILES string of the molecule is COc1ccc(Cl)c(C(N)CC(=O)O)c1NC(C)=O. The number of rotatable bonds is 5. The monoisotopic (exact) mass is 286 g/mol. The van der Waals surface area contributed by atoms with Crippen LogP contribution in [0.5, 0.6) is 5.75 Å². The molecule has 0 aliphatic heterocycles. The summed E-state index contributed by atoms with van der Waals surface area (Å²) in [6.07, 6.45) is -0.306. The summed E-state index contributed by atoms with van der Waals surface area (Å²) in [5.41, 5.74) is 6.47. The third kappa shape index (κ3) is 3.84. The van der Waals surface area contributed by atoms with Gasteiger partial charge in [-0.25, -0.2) is 0 Å². The highest BCUT2D eigenvalue weighted by molar-refractivity contribution is 6.32. The third-order valence-electron chi connectivity index (χ3n) is 2.44. The number of carboxylic acid groups (broad SMARTS) is 1. The minimum Gasteiger partial charge on any atom is -0.495 e. The molecule has 0 fully saturated rings. The summed E-state index contributed by atoms with van der Waals surface area (Å²) >= 11 is 6.04. The molecule has 0 aliphatic carbocycles. The summed E-state index contributed by atoms with van der Waals surface area (Å²) in [5, 5.41) is 11.6. The Morgan fingerprint density at radius 1 is 1.53 bits per heavy atom. The maximum Gasteiger partial charge on any atom is 0.305 e. The number of nitrogens with two attached hydrogens (primary N) is 1. The Balaban J connectivity index is 3.32. The lowest BCUT2D eigenvalue weighted by Crippen LogP contribution is -2.19. The molecule has 0 heterocycles. The molecule has 104 valence electrons. The fourth-order valence-electron chi connectivity index (χ4n) is 1.70. The minimum atomic E-state index is -1.06. The van der Waals surface area contributed by atoms with E-state index in [1.165, 1.54) is 14.0 Å². The Morgan fingerprint density at radius 3 is 2.63 bits per heavy atom. The number of anilines is 1. The number of aliphatic carboxylic acids is 1. The molecule has 0 bridgehead atoms. The van der Waals surface area contributed by atoms with Gasteiger partial charge in [0.05, 0.1) is 19.2 Å². The van der Waals surface area contributed by atoms with Gasteiger partial charge in [-0.3, -0.25) is 9.59 Å². The van der Waals surface area contributed by atoms with Crippen molar-refractivity contribution in [2.75, 3.05) is 12.4 Å². The van der Waals surface area contributed by atoms with Crippen LogP contribution in [0.3, 0.4) is 0 Å². The molecule has 1 atom stereocenters. The first-order chi connectivity index (χ1) is 8.86. The van der Waals surface area contributed by atoms with E-state index in [0.717, 1.165) is 0 Å². The first-order valence-corrected chi connectivity index (χ1v) is 5.86. The molecular weight excluding hydrogens is 272 g/mol. The lowest BCUT2D eigenvalue weighted by molar-refractivity contribution is -0.137. The molecule has 4 N–H and O–H groups in total. The second-order valence-corrected chi connectivity index (χ2v) is 4.33. The second kappa shape index (κ2) is 6.40. The van der Waals surface area contributed by atoms with Gasteiger partial charge in [-0.2, -0.15) is 0 Å². The Hall–Kier alpha value is -1.79. The predicted octanol–water partition coefficient (Wildman–Crippen LogP) is 1.78. The van der Waals surface area contributed by atoms with E-state index in [2.05, 4.69) is 5.32 Å². The maximum absolute atomic E-state index is 11.2. The first-order valence-electron chi connectivity index (χ1n) is 5.48. The van der Waals surface area contributed by atoms with Crippen LogP contribution in [-0.4, -0.2) is 24.1 Å². The minimum absolute atomic E-state index is 0.276. The van der Waals surface area contributed by atoms with Gasteiger partial charge in [0.25, 0.3) is 0 Å². The zero-order chi connectivity index (χ0) is 14.6. The normalized spacial score (nSPS) is 11.8. The van der Waals surface area contributed by atoms with Crippen molar-refractivity contribution in [3.63, 3.8) is 0 Å². The van der Waals surface area contributed by atoms with Gasteiger partial charge in [0.1, 0.15) is 5.75 Å². The summed E-state index contributed by atoms with van der Waals surface area (Å²) in [5.74, 6) is -1.01. The van der Waals surface area contributed by atoms with Crippen molar-refractivity contribution in [1.29, 1.82) is 0 Å². The van der Waals surface area contributed by atoms with Crippen LogP contribution in [0.2, 0.25) is 5.02 Å². The average Bonchev–Trinajstić information content (AvgIpc) is 2.27. The van der Waals surface area contributed by atoms with Gasteiger partial charge < -0.3 is 20.9 Å². The van der Waals surface area contributed by atoms with E-state index in [-0.39, 0.29) is 17.4 Å². The number of carbonyl (C=O) groups excluding carboxylic acids is 1. The number of methoxy groups -OCH3 is 1. The summed E-state index contributed by atoms with van der Waals surface area (Å²) in [6.45, 7) is 1.33. The Morgan fingerprint density at radius 2 is 2.16 bits per heavy atom. The highest BCUT2D eigenvalue weighted by Gasteiger charge is 2.21. The number of benzene rings is 1. The van der Waals surface area contributed by atoms with E-state index in [1.807, 2.05) is 0 Å². The van der Waals surface area contributed by atoms with Crippen molar-refractivity contribution in [3.8, 4) is 5.75 Å². The lowest BCUT2D eigenvalue weighted by Gasteiger charge is -2.19. The molecule has 0 aliphatic rings. The van der Waals surface area contributed by atoms with Gasteiger partial charge in [-0.05, 0) is 12.1 Å². The van der Waals surface area contributed by atoms with Crippen molar-refractivity contribution in [3.05, 3.63) is 22.7 Å². The number of carboxylic acids is 1. The van der Waals surface area contributed by atoms with Crippen LogP contribution in [0, 0.1) is 0 Å². The number of halogens is 1. The van der Waals surface area contributed by atoms with Gasteiger partial charge in [-0.15, -0.1) is 0 Å². The van der Waals surface area contributed by atoms with E-state index in [9.17, 15) is 9.59 Å². The molecule has 1 rings (SSSR count). The van der Waals surface area contributed by atoms with Gasteiger partial charge in [0.15, 0.2) is 0 Å². The fourth-order valence-corrected chi connectivity index (χ4v) is 2.00. The molecule has 19 heavy (non-hydrogen) atoms. The molecule has 1 aromatic rings. The van der Waals surface area contributed by atoms with Crippen LogP contribution in [-0.2, 0) is 9.59 Å². The average molecular weight is 287 g/mol. The van der Waals surface area contributed by atoms with Crippen LogP contribution in [0.15, 0.2) is 12.1 Å². The largest absolute Gasteiger partial charge is 0.495 e. The zero-order valence-electron chi connectivity index (χ0n) is 10.6. The first kappa shape index (κ1) is 15.3. The Labute approximate surface area is 115 Å². The summed E-state index contributed by atoms with van der Waals surface area (Å²) in [4.78, 5) is 22.0. The number of ether oxygens (including phenoxy) is 1. The zero-order valence-corrected chi connectivity index (χ0v) is 11.3. The number of nitrogens with one attached hydrogen (secondary N) is 1. The number of amides is 1. The highest BCUT2D eigenvalue weighted by atomic mass is 35.5. The van der Waals surface area contributed by atoms with E-state index in [4.69, 9.17) is 27.2 Å². The van der Waals surface area contributed by atoms with E-state index >= 15 is 0 Å². The summed E-state index contributed by atoms with van der Waals surface area (Å²) in [7, 11) is 1.43. The topological polar surface area (TPSA) is 102 Å². The molecule has 0 saturated heterocycles. The van der Waals surface area contributed by atoms with Gasteiger partial charge >= 0.3 is 5.97 Å². The van der Waals surface area contributed by atoms with Crippen molar-refractivity contribution >= 4 is 29.2 Å². The van der Waals surface area contributed by atoms with E-state index in [1.54, 1.807) is 12.1 Å². The smallest absolute Gasteiger partial charge is 0.305 e. The van der Waals surface area contributed by atoms with Crippen molar-refractivity contribution in [2.24, 2.45) is 5.73 Å². The molecule has 0 aromatic heterocycles. The predicted molar refractivity (Wildman–Crippen MR) is 71.5 cm³/mol. The van der Waals surface area contributed by atoms with Crippen molar-refractivity contribution in [1.82, 2.24) is 0 Å². The van der Waals surface area contributed by atoms with Crippen molar-refractivity contribution in [2.45, 2.75) is 19.4 Å². The molecule has 0 radical (unpaired) electrons. The van der Waals surface area contributed by atoms with E-state index < -0.39 is 12.0 Å². The van der Waals surface area contributed by atoms with Crippen LogP contribution in [0.25, 0.3) is 0 Å². The second-order valence-electron chi connectivity index (χ2n) is 3.92. The molecule has 0 spiro atoms. The highest BCUT2D eigenvalue weighted by Crippen LogP contribution is 2.38. The third-order valence-corrected chi connectivity index (χ3v) is 2.77. The molecular formula is C12H15ClN2O4. The Kier molecular flexibility index (Phi) is 5.14. The van der Waals surface area contributed by atoms with Crippen LogP contribution in [0.4, 0.5) is 5.69 Å². The van der Waals surface area contributed by atoms with Crippen molar-refractivity contribution < 1.29 is 19.4 Å². The number of hydrogen-bond acceptors (Lipinski definition) is 4. The maximum atomic E-state index is 11.2. The Bertz CT molecular complexity index is 505.